The maximum Gasteiger partial charge on any atom is 0.418 e. The number of allylic oxidation sites excluding steroid dienone is 1. The largest absolute Gasteiger partial charge is 0.418 e. The fraction of sp³-hybridized carbons (Fsp3) is 0.0526. The molecule has 2 aromatic carbocycles. The van der Waals surface area contributed by atoms with E-state index in [1.807, 2.05) is 30.3 Å². The van der Waals surface area contributed by atoms with Crippen molar-refractivity contribution in [2.75, 3.05) is 5.32 Å². The third-order valence-corrected chi connectivity index (χ3v) is 5.24. The van der Waals surface area contributed by atoms with Crippen molar-refractivity contribution >= 4 is 50.1 Å². The van der Waals surface area contributed by atoms with Crippen LogP contribution in [0, 0.1) is 11.3 Å². The van der Waals surface area contributed by atoms with Crippen LogP contribution in [0.3, 0.4) is 0 Å². The van der Waals surface area contributed by atoms with Crippen molar-refractivity contribution in [3.63, 3.8) is 0 Å². The van der Waals surface area contributed by atoms with E-state index in [1.54, 1.807) is 5.38 Å². The summed E-state index contributed by atoms with van der Waals surface area (Å²) < 4.78 is 40.4. The Morgan fingerprint density at radius 3 is 2.71 bits per heavy atom. The Morgan fingerprint density at radius 2 is 2.04 bits per heavy atom. The molecular formula is C19H10BrClF3N3S. The van der Waals surface area contributed by atoms with E-state index in [1.165, 1.54) is 29.7 Å². The highest BCUT2D eigenvalue weighted by Gasteiger charge is 2.33. The number of anilines is 1. The lowest BCUT2D eigenvalue weighted by Gasteiger charge is -2.13. The molecule has 0 radical (unpaired) electrons. The summed E-state index contributed by atoms with van der Waals surface area (Å²) in [5.74, 6) is 0. The van der Waals surface area contributed by atoms with Crippen molar-refractivity contribution in [3.05, 3.63) is 74.1 Å². The molecule has 0 unspecified atom stereocenters. The SMILES string of the molecule is N#CC(=CNc1ccc(Cl)cc1C(F)(F)F)c1nc(-c2cccc(Br)c2)cs1. The van der Waals surface area contributed by atoms with Gasteiger partial charge in [-0.15, -0.1) is 11.3 Å². The summed E-state index contributed by atoms with van der Waals surface area (Å²) in [5.41, 5.74) is 0.536. The molecule has 3 aromatic rings. The number of nitrogens with zero attached hydrogens (tertiary/aromatic N) is 2. The van der Waals surface area contributed by atoms with Crippen LogP contribution in [0.1, 0.15) is 10.6 Å². The second-order valence-corrected chi connectivity index (χ2v) is 7.76. The van der Waals surface area contributed by atoms with Gasteiger partial charge in [0.15, 0.2) is 0 Å². The fourth-order valence-electron chi connectivity index (χ4n) is 2.35. The number of benzene rings is 2. The molecular weight excluding hydrogens is 475 g/mol. The minimum absolute atomic E-state index is 0.0269. The quantitative estimate of drug-likeness (QED) is 0.398. The Labute approximate surface area is 176 Å². The number of thiazole rings is 1. The van der Waals surface area contributed by atoms with Gasteiger partial charge in [-0.1, -0.05) is 39.7 Å². The average molecular weight is 485 g/mol. The molecule has 0 amide bonds. The summed E-state index contributed by atoms with van der Waals surface area (Å²) in [5, 5.41) is 14.1. The summed E-state index contributed by atoms with van der Waals surface area (Å²) in [6.07, 6.45) is -3.37. The lowest BCUT2D eigenvalue weighted by atomic mass is 10.1. The van der Waals surface area contributed by atoms with Crippen molar-refractivity contribution in [1.29, 1.82) is 5.26 Å². The van der Waals surface area contributed by atoms with Crippen LogP contribution in [-0.4, -0.2) is 4.98 Å². The second-order valence-electron chi connectivity index (χ2n) is 5.55. The molecule has 0 bridgehead atoms. The van der Waals surface area contributed by atoms with Crippen molar-refractivity contribution in [2.24, 2.45) is 0 Å². The molecule has 0 fully saturated rings. The molecule has 1 aromatic heterocycles. The zero-order valence-electron chi connectivity index (χ0n) is 13.9. The minimum Gasteiger partial charge on any atom is -0.360 e. The first-order valence-corrected chi connectivity index (χ1v) is 9.78. The summed E-state index contributed by atoms with van der Waals surface area (Å²) in [6.45, 7) is 0. The second kappa shape index (κ2) is 8.35. The highest BCUT2D eigenvalue weighted by Crippen LogP contribution is 2.37. The fourth-order valence-corrected chi connectivity index (χ4v) is 3.71. The molecule has 3 nitrogen and oxygen atoms in total. The summed E-state index contributed by atoms with van der Waals surface area (Å²) >= 11 is 10.3. The molecule has 9 heteroatoms. The zero-order chi connectivity index (χ0) is 20.3. The standard InChI is InChI=1S/C19H10BrClF3N3S/c20-13-3-1-2-11(6-13)17-10-28-18(27-17)12(8-25)9-26-16-5-4-14(21)7-15(16)19(22,23)24/h1-7,9-10,26H. The molecule has 3 rings (SSSR count). The average Bonchev–Trinajstić information content (AvgIpc) is 3.12. The number of hydrogen-bond donors (Lipinski definition) is 1. The first kappa shape index (κ1) is 20.4. The van der Waals surface area contributed by atoms with Gasteiger partial charge in [0.2, 0.25) is 0 Å². The van der Waals surface area contributed by atoms with Crippen LogP contribution in [0.4, 0.5) is 18.9 Å². The van der Waals surface area contributed by atoms with Gasteiger partial charge in [0.05, 0.1) is 16.9 Å². The van der Waals surface area contributed by atoms with Crippen LogP contribution in [0.2, 0.25) is 5.02 Å². The Bertz CT molecular complexity index is 1090. The van der Waals surface area contributed by atoms with Gasteiger partial charge in [0.25, 0.3) is 0 Å². The van der Waals surface area contributed by atoms with E-state index in [0.29, 0.717) is 10.7 Å². The van der Waals surface area contributed by atoms with Crippen LogP contribution < -0.4 is 5.32 Å². The summed E-state index contributed by atoms with van der Waals surface area (Å²) in [7, 11) is 0. The van der Waals surface area contributed by atoms with Crippen molar-refractivity contribution in [3.8, 4) is 17.3 Å². The third kappa shape index (κ3) is 4.73. The number of nitrogens with one attached hydrogen (secondary N) is 1. The zero-order valence-corrected chi connectivity index (χ0v) is 17.0. The van der Waals surface area contributed by atoms with Crippen LogP contribution in [0.15, 0.2) is 58.5 Å². The van der Waals surface area contributed by atoms with Gasteiger partial charge in [-0.05, 0) is 30.3 Å². The molecule has 0 aliphatic rings. The van der Waals surface area contributed by atoms with E-state index in [2.05, 4.69) is 26.2 Å². The van der Waals surface area contributed by atoms with Crippen molar-refractivity contribution < 1.29 is 13.2 Å². The van der Waals surface area contributed by atoms with E-state index >= 15 is 0 Å². The maximum absolute atomic E-state index is 13.2. The predicted molar refractivity (Wildman–Crippen MR) is 109 cm³/mol. The molecule has 0 spiro atoms. The van der Waals surface area contributed by atoms with Gasteiger partial charge in [0, 0.05) is 26.6 Å². The lowest BCUT2D eigenvalue weighted by molar-refractivity contribution is -0.136. The molecule has 0 saturated heterocycles. The van der Waals surface area contributed by atoms with Gasteiger partial charge in [0.1, 0.15) is 16.6 Å². The molecule has 0 aliphatic carbocycles. The van der Waals surface area contributed by atoms with E-state index in [0.717, 1.165) is 16.1 Å². The molecule has 0 atom stereocenters. The van der Waals surface area contributed by atoms with E-state index in [4.69, 9.17) is 11.6 Å². The minimum atomic E-state index is -4.58. The van der Waals surface area contributed by atoms with E-state index in [9.17, 15) is 18.4 Å². The maximum atomic E-state index is 13.2. The molecule has 1 heterocycles. The summed E-state index contributed by atoms with van der Waals surface area (Å²) in [6, 6.07) is 12.9. The monoisotopic (exact) mass is 483 g/mol. The number of hydrogen-bond acceptors (Lipinski definition) is 4. The number of nitriles is 1. The number of aromatic nitrogens is 1. The number of alkyl halides is 3. The normalized spacial score (nSPS) is 11.9. The van der Waals surface area contributed by atoms with Gasteiger partial charge < -0.3 is 5.32 Å². The van der Waals surface area contributed by atoms with Gasteiger partial charge in [-0.3, -0.25) is 0 Å². The van der Waals surface area contributed by atoms with Crippen LogP contribution in [-0.2, 0) is 6.18 Å². The first-order valence-electron chi connectivity index (χ1n) is 7.73. The Kier molecular flexibility index (Phi) is 6.08. The van der Waals surface area contributed by atoms with Gasteiger partial charge in [-0.25, -0.2) is 4.98 Å². The van der Waals surface area contributed by atoms with Crippen LogP contribution in [0.5, 0.6) is 0 Å². The highest BCUT2D eigenvalue weighted by atomic mass is 79.9. The van der Waals surface area contributed by atoms with Gasteiger partial charge in [-0.2, -0.15) is 18.4 Å². The Morgan fingerprint density at radius 1 is 1.25 bits per heavy atom. The first-order chi connectivity index (χ1) is 13.3. The molecule has 1 N–H and O–H groups in total. The van der Waals surface area contributed by atoms with E-state index < -0.39 is 11.7 Å². The number of rotatable bonds is 4. The molecule has 28 heavy (non-hydrogen) atoms. The van der Waals surface area contributed by atoms with Gasteiger partial charge >= 0.3 is 6.18 Å². The molecule has 0 aliphatic heterocycles. The van der Waals surface area contributed by atoms with Crippen molar-refractivity contribution in [2.45, 2.75) is 6.18 Å². The topological polar surface area (TPSA) is 48.7 Å². The third-order valence-electron chi connectivity index (χ3n) is 3.63. The molecule has 0 saturated carbocycles. The number of halogens is 5. The lowest BCUT2D eigenvalue weighted by Crippen LogP contribution is -2.08. The summed E-state index contributed by atoms with van der Waals surface area (Å²) in [4.78, 5) is 4.41. The van der Waals surface area contributed by atoms with Crippen molar-refractivity contribution in [1.82, 2.24) is 4.98 Å². The Hall–Kier alpha value is -2.34. The van der Waals surface area contributed by atoms with Crippen LogP contribution >= 0.6 is 38.9 Å². The Balaban J connectivity index is 1.90. The predicted octanol–water partition coefficient (Wildman–Crippen LogP) is 7.22. The highest BCUT2D eigenvalue weighted by molar-refractivity contribution is 9.10. The molecule has 142 valence electrons. The smallest absolute Gasteiger partial charge is 0.360 e. The van der Waals surface area contributed by atoms with E-state index in [-0.39, 0.29) is 16.3 Å². The van der Waals surface area contributed by atoms with Crippen LogP contribution in [0.25, 0.3) is 16.8 Å².